The zero-order valence-corrected chi connectivity index (χ0v) is 12.3. The predicted molar refractivity (Wildman–Crippen MR) is 82.0 cm³/mol. The van der Waals surface area contributed by atoms with Crippen molar-refractivity contribution in [2.45, 2.75) is 20.0 Å². The molecular formula is C16H21N3O. The molecule has 0 fully saturated rings. The number of para-hydroxylation sites is 1. The molecule has 0 bridgehead atoms. The van der Waals surface area contributed by atoms with Crippen LogP contribution in [0.1, 0.15) is 16.7 Å². The maximum atomic E-state index is 5.85. The van der Waals surface area contributed by atoms with E-state index in [1.807, 2.05) is 37.5 Å². The molecule has 2 N–H and O–H groups in total. The van der Waals surface area contributed by atoms with Gasteiger partial charge >= 0.3 is 0 Å². The van der Waals surface area contributed by atoms with Crippen LogP contribution in [0.25, 0.3) is 0 Å². The van der Waals surface area contributed by atoms with E-state index in [1.54, 1.807) is 7.11 Å². The number of rotatable bonds is 5. The lowest BCUT2D eigenvalue weighted by Crippen LogP contribution is -2.21. The second kappa shape index (κ2) is 6.39. The maximum Gasteiger partial charge on any atom is 0.133 e. The van der Waals surface area contributed by atoms with E-state index in [0.29, 0.717) is 6.54 Å². The third-order valence-electron chi connectivity index (χ3n) is 3.43. The first-order chi connectivity index (χ1) is 9.67. The van der Waals surface area contributed by atoms with Crippen LogP contribution in [0.4, 0.5) is 5.82 Å². The van der Waals surface area contributed by atoms with Gasteiger partial charge in [0.05, 0.1) is 7.11 Å². The standard InChI is InChI=1S/C16H21N3O/c1-12-8-9-18-16(14(12)10-17)19(2)11-13-6-4-5-7-15(13)20-3/h4-9H,10-11,17H2,1-3H3. The molecule has 0 aliphatic carbocycles. The van der Waals surface area contributed by atoms with E-state index < -0.39 is 0 Å². The number of anilines is 1. The van der Waals surface area contributed by atoms with Crippen molar-refractivity contribution < 1.29 is 4.74 Å². The van der Waals surface area contributed by atoms with Crippen molar-refractivity contribution in [1.82, 2.24) is 4.98 Å². The summed E-state index contributed by atoms with van der Waals surface area (Å²) in [5.41, 5.74) is 9.23. The molecule has 106 valence electrons. The van der Waals surface area contributed by atoms with Crippen LogP contribution in [0.3, 0.4) is 0 Å². The number of aryl methyl sites for hydroxylation is 1. The van der Waals surface area contributed by atoms with E-state index in [2.05, 4.69) is 22.9 Å². The molecule has 4 nitrogen and oxygen atoms in total. The number of pyridine rings is 1. The number of hydrogen-bond donors (Lipinski definition) is 1. The highest BCUT2D eigenvalue weighted by Gasteiger charge is 2.12. The second-order valence-electron chi connectivity index (χ2n) is 4.80. The highest BCUT2D eigenvalue weighted by Crippen LogP contribution is 2.24. The van der Waals surface area contributed by atoms with Crippen molar-refractivity contribution in [2.24, 2.45) is 5.73 Å². The lowest BCUT2D eigenvalue weighted by atomic mass is 10.1. The third kappa shape index (κ3) is 2.91. The average molecular weight is 271 g/mol. The molecule has 4 heteroatoms. The molecular weight excluding hydrogens is 250 g/mol. The minimum Gasteiger partial charge on any atom is -0.496 e. The lowest BCUT2D eigenvalue weighted by molar-refractivity contribution is 0.409. The zero-order valence-electron chi connectivity index (χ0n) is 12.3. The van der Waals surface area contributed by atoms with Crippen molar-refractivity contribution in [3.05, 3.63) is 53.2 Å². The van der Waals surface area contributed by atoms with E-state index in [9.17, 15) is 0 Å². The fraction of sp³-hybridized carbons (Fsp3) is 0.312. The molecule has 2 aromatic rings. The minimum atomic E-state index is 0.491. The van der Waals surface area contributed by atoms with Gasteiger partial charge in [-0.3, -0.25) is 0 Å². The van der Waals surface area contributed by atoms with Crippen LogP contribution in [0.15, 0.2) is 36.5 Å². The second-order valence-corrected chi connectivity index (χ2v) is 4.80. The summed E-state index contributed by atoms with van der Waals surface area (Å²) in [6.45, 7) is 3.28. The van der Waals surface area contributed by atoms with Crippen LogP contribution < -0.4 is 15.4 Å². The quantitative estimate of drug-likeness (QED) is 0.907. The molecule has 0 spiro atoms. The molecule has 1 aromatic carbocycles. The Bertz CT molecular complexity index is 584. The molecule has 20 heavy (non-hydrogen) atoms. The Morgan fingerprint density at radius 1 is 1.25 bits per heavy atom. The summed E-state index contributed by atoms with van der Waals surface area (Å²) in [5.74, 6) is 1.82. The van der Waals surface area contributed by atoms with Crippen LogP contribution in [0.2, 0.25) is 0 Å². The summed E-state index contributed by atoms with van der Waals surface area (Å²) in [5, 5.41) is 0. The van der Waals surface area contributed by atoms with E-state index in [1.165, 1.54) is 5.56 Å². The number of benzene rings is 1. The van der Waals surface area contributed by atoms with Gasteiger partial charge in [-0.15, -0.1) is 0 Å². The fourth-order valence-corrected chi connectivity index (χ4v) is 2.32. The number of nitrogens with zero attached hydrogens (tertiary/aromatic N) is 2. The topological polar surface area (TPSA) is 51.4 Å². The van der Waals surface area contributed by atoms with Crippen molar-refractivity contribution in [3.8, 4) is 5.75 Å². The predicted octanol–water partition coefficient (Wildman–Crippen LogP) is 2.49. The largest absolute Gasteiger partial charge is 0.496 e. The molecule has 0 aliphatic rings. The summed E-state index contributed by atoms with van der Waals surface area (Å²) >= 11 is 0. The first kappa shape index (κ1) is 14.3. The molecule has 1 aromatic heterocycles. The van der Waals surface area contributed by atoms with Crippen LogP contribution in [-0.2, 0) is 13.1 Å². The molecule has 0 amide bonds. The van der Waals surface area contributed by atoms with E-state index in [0.717, 1.165) is 29.2 Å². The Morgan fingerprint density at radius 3 is 2.70 bits per heavy atom. The molecule has 0 aliphatic heterocycles. The average Bonchev–Trinajstić information content (AvgIpc) is 2.47. The van der Waals surface area contributed by atoms with Gasteiger partial charge in [-0.05, 0) is 24.6 Å². The molecule has 0 saturated carbocycles. The Balaban J connectivity index is 2.28. The maximum absolute atomic E-state index is 5.85. The highest BCUT2D eigenvalue weighted by molar-refractivity contribution is 5.51. The van der Waals surface area contributed by atoms with Crippen molar-refractivity contribution in [3.63, 3.8) is 0 Å². The minimum absolute atomic E-state index is 0.491. The number of ether oxygens (including phenoxy) is 1. The Morgan fingerprint density at radius 2 is 2.00 bits per heavy atom. The third-order valence-corrected chi connectivity index (χ3v) is 3.43. The molecule has 1 heterocycles. The van der Waals surface area contributed by atoms with Crippen LogP contribution in [-0.4, -0.2) is 19.1 Å². The lowest BCUT2D eigenvalue weighted by Gasteiger charge is -2.22. The number of aromatic nitrogens is 1. The Hall–Kier alpha value is -2.07. The molecule has 0 atom stereocenters. The SMILES string of the molecule is COc1ccccc1CN(C)c1nccc(C)c1CN. The van der Waals surface area contributed by atoms with Gasteiger partial charge < -0.3 is 15.4 Å². The van der Waals surface area contributed by atoms with Gasteiger partial charge in [0.2, 0.25) is 0 Å². The number of nitrogens with two attached hydrogens (primary N) is 1. The van der Waals surface area contributed by atoms with Crippen molar-refractivity contribution in [1.29, 1.82) is 0 Å². The van der Waals surface area contributed by atoms with Gasteiger partial charge in [0.15, 0.2) is 0 Å². The summed E-state index contributed by atoms with van der Waals surface area (Å²) in [4.78, 5) is 6.57. The summed E-state index contributed by atoms with van der Waals surface area (Å²) in [6.07, 6.45) is 1.82. The fourth-order valence-electron chi connectivity index (χ4n) is 2.32. The van der Waals surface area contributed by atoms with Gasteiger partial charge in [-0.2, -0.15) is 0 Å². The van der Waals surface area contributed by atoms with E-state index >= 15 is 0 Å². The Labute approximate surface area is 120 Å². The van der Waals surface area contributed by atoms with Crippen LogP contribution in [0, 0.1) is 6.92 Å². The highest BCUT2D eigenvalue weighted by atomic mass is 16.5. The zero-order chi connectivity index (χ0) is 14.5. The smallest absolute Gasteiger partial charge is 0.133 e. The number of methoxy groups -OCH3 is 1. The molecule has 0 saturated heterocycles. The van der Waals surface area contributed by atoms with Crippen LogP contribution in [0.5, 0.6) is 5.75 Å². The summed E-state index contributed by atoms with van der Waals surface area (Å²) in [7, 11) is 3.71. The first-order valence-electron chi connectivity index (χ1n) is 6.65. The van der Waals surface area contributed by atoms with Gasteiger partial charge in [-0.1, -0.05) is 18.2 Å². The van der Waals surface area contributed by atoms with Gasteiger partial charge in [0.25, 0.3) is 0 Å². The van der Waals surface area contributed by atoms with Crippen molar-refractivity contribution >= 4 is 5.82 Å². The summed E-state index contributed by atoms with van der Waals surface area (Å²) in [6, 6.07) is 10.0. The number of hydrogen-bond acceptors (Lipinski definition) is 4. The van der Waals surface area contributed by atoms with Gasteiger partial charge in [0.1, 0.15) is 11.6 Å². The van der Waals surface area contributed by atoms with E-state index in [-0.39, 0.29) is 0 Å². The monoisotopic (exact) mass is 271 g/mol. The summed E-state index contributed by atoms with van der Waals surface area (Å²) < 4.78 is 5.39. The normalized spacial score (nSPS) is 10.4. The van der Waals surface area contributed by atoms with Gasteiger partial charge in [-0.25, -0.2) is 4.98 Å². The molecule has 2 rings (SSSR count). The molecule has 0 unspecified atom stereocenters. The van der Waals surface area contributed by atoms with Gasteiger partial charge in [0, 0.05) is 37.5 Å². The van der Waals surface area contributed by atoms with Crippen molar-refractivity contribution in [2.75, 3.05) is 19.1 Å². The van der Waals surface area contributed by atoms with Crippen LogP contribution >= 0.6 is 0 Å². The first-order valence-corrected chi connectivity index (χ1v) is 6.65. The molecule has 0 radical (unpaired) electrons. The Kier molecular flexibility index (Phi) is 4.58. The van der Waals surface area contributed by atoms with E-state index in [4.69, 9.17) is 10.5 Å².